The van der Waals surface area contributed by atoms with Gasteiger partial charge in [-0.25, -0.2) is 12.7 Å². The minimum absolute atomic E-state index is 0.0710. The zero-order valence-electron chi connectivity index (χ0n) is 10.5. The highest BCUT2D eigenvalue weighted by atomic mass is 32.2. The van der Waals surface area contributed by atoms with Gasteiger partial charge in [0.2, 0.25) is 10.0 Å². The van der Waals surface area contributed by atoms with Gasteiger partial charge in [0, 0.05) is 27.7 Å². The summed E-state index contributed by atoms with van der Waals surface area (Å²) >= 11 is 1.11. The van der Waals surface area contributed by atoms with Crippen molar-refractivity contribution in [2.45, 2.75) is 18.2 Å². The summed E-state index contributed by atoms with van der Waals surface area (Å²) in [7, 11) is 1.26. The number of nitrogens with zero attached hydrogens (tertiary/aromatic N) is 3. The number of hydrogen-bond donors (Lipinski definition) is 1. The number of nitrogens with two attached hydrogens (primary N) is 1. The molecule has 8 heteroatoms. The second-order valence-electron chi connectivity index (χ2n) is 3.91. The molecule has 0 amide bonds. The highest BCUT2D eigenvalue weighted by molar-refractivity contribution is 7.89. The number of sulfonamides is 1. The first kappa shape index (κ1) is 14.2. The molecule has 1 aromatic rings. The predicted octanol–water partition coefficient (Wildman–Crippen LogP) is 0.822. The van der Waals surface area contributed by atoms with Gasteiger partial charge in [0.25, 0.3) is 0 Å². The molecule has 6 nitrogen and oxygen atoms in total. The lowest BCUT2D eigenvalue weighted by atomic mass is 10.4. The van der Waals surface area contributed by atoms with E-state index in [0.717, 1.165) is 28.8 Å². The minimum Gasteiger partial charge on any atom is -0.382 e. The maximum atomic E-state index is 12.1. The van der Waals surface area contributed by atoms with Gasteiger partial charge in [0.15, 0.2) is 10.7 Å². The van der Waals surface area contributed by atoms with Crippen molar-refractivity contribution < 1.29 is 8.42 Å². The molecule has 1 aromatic heterocycles. The molecule has 0 aliphatic heterocycles. The van der Waals surface area contributed by atoms with E-state index in [4.69, 9.17) is 5.73 Å². The molecule has 0 spiro atoms. The molecule has 2 N–H and O–H groups in total. The Hall–Kier alpha value is -0.860. The van der Waals surface area contributed by atoms with E-state index in [2.05, 4.69) is 4.37 Å². The summed E-state index contributed by atoms with van der Waals surface area (Å²) in [6, 6.07) is 0. The second-order valence-corrected chi connectivity index (χ2v) is 6.75. The van der Waals surface area contributed by atoms with E-state index in [-0.39, 0.29) is 10.7 Å². The molecule has 0 unspecified atom stereocenters. The highest BCUT2D eigenvalue weighted by Crippen LogP contribution is 2.35. The van der Waals surface area contributed by atoms with Crippen molar-refractivity contribution in [3.8, 4) is 0 Å². The fourth-order valence-corrected chi connectivity index (χ4v) is 3.62. The van der Waals surface area contributed by atoms with Crippen molar-refractivity contribution in [1.82, 2.24) is 8.68 Å². The van der Waals surface area contributed by atoms with Crippen LogP contribution >= 0.6 is 11.5 Å². The van der Waals surface area contributed by atoms with Gasteiger partial charge in [-0.15, -0.1) is 0 Å². The van der Waals surface area contributed by atoms with E-state index >= 15 is 0 Å². The summed E-state index contributed by atoms with van der Waals surface area (Å²) in [5, 5.41) is 0.595. The SMILES string of the molecule is CCCN(C)c1snc(N)c1S(=O)(=O)N(C)C. The molecule has 17 heavy (non-hydrogen) atoms. The number of rotatable bonds is 5. The van der Waals surface area contributed by atoms with Crippen molar-refractivity contribution in [3.05, 3.63) is 0 Å². The van der Waals surface area contributed by atoms with E-state index in [1.165, 1.54) is 14.1 Å². The van der Waals surface area contributed by atoms with Gasteiger partial charge in [-0.05, 0) is 18.0 Å². The van der Waals surface area contributed by atoms with E-state index in [1.807, 2.05) is 18.9 Å². The lowest BCUT2D eigenvalue weighted by molar-refractivity contribution is 0.521. The number of aromatic nitrogens is 1. The van der Waals surface area contributed by atoms with Crippen LogP contribution in [0.1, 0.15) is 13.3 Å². The van der Waals surface area contributed by atoms with Crippen LogP contribution in [-0.4, -0.2) is 44.8 Å². The molecule has 1 heterocycles. The molecule has 0 fully saturated rings. The van der Waals surface area contributed by atoms with Crippen LogP contribution in [0.25, 0.3) is 0 Å². The predicted molar refractivity (Wildman–Crippen MR) is 71.0 cm³/mol. The molecule has 0 saturated heterocycles. The Labute approximate surface area is 106 Å². The molecule has 0 bridgehead atoms. The standard InChI is InChI=1S/C9H18N4O2S2/c1-5-6-13(4)9-7(8(10)11-16-9)17(14,15)12(2)3/h5-6H2,1-4H3,(H2,10,11). The number of nitrogen functional groups attached to an aromatic ring is 1. The monoisotopic (exact) mass is 278 g/mol. The molecule has 0 saturated carbocycles. The molecular formula is C9H18N4O2S2. The normalized spacial score (nSPS) is 12.1. The van der Waals surface area contributed by atoms with Gasteiger partial charge >= 0.3 is 0 Å². The zero-order chi connectivity index (χ0) is 13.2. The van der Waals surface area contributed by atoms with Crippen LogP contribution in [0.15, 0.2) is 4.90 Å². The molecule has 0 aromatic carbocycles. The lowest BCUT2D eigenvalue weighted by Gasteiger charge is -2.19. The quantitative estimate of drug-likeness (QED) is 0.862. The summed E-state index contributed by atoms with van der Waals surface area (Å²) in [5.74, 6) is 0.0710. The highest BCUT2D eigenvalue weighted by Gasteiger charge is 2.29. The van der Waals surface area contributed by atoms with Crippen molar-refractivity contribution in [1.29, 1.82) is 0 Å². The van der Waals surface area contributed by atoms with E-state index in [0.29, 0.717) is 5.00 Å². The second kappa shape index (κ2) is 5.19. The molecule has 0 aliphatic rings. The molecule has 1 rings (SSSR count). The van der Waals surface area contributed by atoms with Crippen molar-refractivity contribution in [2.75, 3.05) is 38.3 Å². The number of hydrogen-bond acceptors (Lipinski definition) is 6. The Bertz CT molecular complexity index is 481. The number of anilines is 2. The molecule has 0 radical (unpaired) electrons. The van der Waals surface area contributed by atoms with Gasteiger partial charge in [0.05, 0.1) is 0 Å². The Morgan fingerprint density at radius 1 is 1.35 bits per heavy atom. The fraction of sp³-hybridized carbons (Fsp3) is 0.667. The average Bonchev–Trinajstić information content (AvgIpc) is 2.60. The molecule has 0 atom stereocenters. The fourth-order valence-electron chi connectivity index (χ4n) is 1.39. The van der Waals surface area contributed by atoms with Crippen molar-refractivity contribution in [3.63, 3.8) is 0 Å². The van der Waals surface area contributed by atoms with E-state index < -0.39 is 10.0 Å². The summed E-state index contributed by atoms with van der Waals surface area (Å²) in [6.07, 6.45) is 0.926. The summed E-state index contributed by atoms with van der Waals surface area (Å²) in [5.41, 5.74) is 5.67. The summed E-state index contributed by atoms with van der Waals surface area (Å²) < 4.78 is 29.3. The van der Waals surface area contributed by atoms with E-state index in [9.17, 15) is 8.42 Å². The minimum atomic E-state index is -3.54. The van der Waals surface area contributed by atoms with Crippen LogP contribution in [0.5, 0.6) is 0 Å². The van der Waals surface area contributed by atoms with Crippen LogP contribution < -0.4 is 10.6 Å². The largest absolute Gasteiger partial charge is 0.382 e. The molecule has 0 aliphatic carbocycles. The maximum absolute atomic E-state index is 12.1. The smallest absolute Gasteiger partial charge is 0.249 e. The van der Waals surface area contributed by atoms with Crippen molar-refractivity contribution >= 4 is 32.4 Å². The third kappa shape index (κ3) is 2.70. The first-order valence-electron chi connectivity index (χ1n) is 5.21. The third-order valence-corrected chi connectivity index (χ3v) is 5.29. The van der Waals surface area contributed by atoms with Crippen LogP contribution in [0.2, 0.25) is 0 Å². The maximum Gasteiger partial charge on any atom is 0.249 e. The van der Waals surface area contributed by atoms with Gasteiger partial charge in [-0.2, -0.15) is 4.37 Å². The average molecular weight is 278 g/mol. The van der Waals surface area contributed by atoms with E-state index in [1.54, 1.807) is 0 Å². The van der Waals surface area contributed by atoms with Crippen molar-refractivity contribution in [2.24, 2.45) is 0 Å². The summed E-state index contributed by atoms with van der Waals surface area (Å²) in [6.45, 7) is 2.79. The zero-order valence-corrected chi connectivity index (χ0v) is 12.1. The van der Waals surface area contributed by atoms with Gasteiger partial charge in [-0.3, -0.25) is 0 Å². The first-order chi connectivity index (χ1) is 7.82. The third-order valence-electron chi connectivity index (χ3n) is 2.30. The van der Waals surface area contributed by atoms with Crippen LogP contribution in [-0.2, 0) is 10.0 Å². The Morgan fingerprint density at radius 2 is 1.94 bits per heavy atom. The topological polar surface area (TPSA) is 79.5 Å². The summed E-state index contributed by atoms with van der Waals surface area (Å²) in [4.78, 5) is 1.98. The van der Waals surface area contributed by atoms with Crippen LogP contribution in [0, 0.1) is 0 Å². The molecular weight excluding hydrogens is 260 g/mol. The van der Waals surface area contributed by atoms with Crippen LogP contribution in [0.3, 0.4) is 0 Å². The lowest BCUT2D eigenvalue weighted by Crippen LogP contribution is -2.26. The Kier molecular flexibility index (Phi) is 4.34. The van der Waals surface area contributed by atoms with Gasteiger partial charge in [-0.1, -0.05) is 6.92 Å². The Balaban J connectivity index is 3.29. The van der Waals surface area contributed by atoms with Crippen LogP contribution in [0.4, 0.5) is 10.8 Å². The van der Waals surface area contributed by atoms with Gasteiger partial charge < -0.3 is 10.6 Å². The molecule has 98 valence electrons. The first-order valence-corrected chi connectivity index (χ1v) is 7.42. The van der Waals surface area contributed by atoms with Gasteiger partial charge in [0.1, 0.15) is 5.00 Å². The Morgan fingerprint density at radius 3 is 2.41 bits per heavy atom.